The maximum absolute atomic E-state index is 14.1. The number of carbonyl (C=O) groups excluding carboxylic acids is 1. The lowest BCUT2D eigenvalue weighted by Crippen LogP contribution is -2.34. The first-order chi connectivity index (χ1) is 13.3. The van der Waals surface area contributed by atoms with Crippen LogP contribution < -0.4 is 15.2 Å². The number of benzene rings is 2. The zero-order valence-electron chi connectivity index (χ0n) is 17.0. The summed E-state index contributed by atoms with van der Waals surface area (Å²) in [4.78, 5) is 11.8. The summed E-state index contributed by atoms with van der Waals surface area (Å²) < 4.78 is 44.4. The monoisotopic (exact) mass is 422 g/mol. The molecule has 0 fully saturated rings. The first kappa shape index (κ1) is 22.7. The van der Waals surface area contributed by atoms with Crippen LogP contribution in [0.15, 0.2) is 42.5 Å². The summed E-state index contributed by atoms with van der Waals surface area (Å²) in [5, 5.41) is 0. The van der Waals surface area contributed by atoms with E-state index in [1.807, 2.05) is 12.1 Å². The van der Waals surface area contributed by atoms with E-state index in [9.17, 15) is 17.6 Å². The smallest absolute Gasteiger partial charge is 0.258 e. The number of primary amides is 1. The van der Waals surface area contributed by atoms with Gasteiger partial charge in [0.15, 0.2) is 6.10 Å². The quantitative estimate of drug-likeness (QED) is 0.681. The SMILES string of the molecule is CC(C)(C)c1ccc(O[C@H](CCc2ccc(NS(C)(=O)=O)c(F)c2)C(N)=O)cc1. The third kappa shape index (κ3) is 7.05. The molecule has 0 unspecified atom stereocenters. The van der Waals surface area contributed by atoms with Crippen molar-refractivity contribution >= 4 is 21.6 Å². The van der Waals surface area contributed by atoms with Crippen LogP contribution >= 0.6 is 0 Å². The Morgan fingerprint density at radius 1 is 1.17 bits per heavy atom. The van der Waals surface area contributed by atoms with Crippen molar-refractivity contribution in [2.75, 3.05) is 11.0 Å². The molecular formula is C21H27FN2O4S. The Labute approximate surface area is 171 Å². The first-order valence-corrected chi connectivity index (χ1v) is 11.1. The number of amides is 1. The Kier molecular flexibility index (Phi) is 6.89. The minimum absolute atomic E-state index is 0.00379. The van der Waals surface area contributed by atoms with E-state index in [1.165, 1.54) is 12.1 Å². The van der Waals surface area contributed by atoms with Crippen LogP contribution in [-0.2, 0) is 26.7 Å². The van der Waals surface area contributed by atoms with Gasteiger partial charge in [0, 0.05) is 0 Å². The summed E-state index contributed by atoms with van der Waals surface area (Å²) in [6.45, 7) is 6.31. The molecule has 6 nitrogen and oxygen atoms in total. The van der Waals surface area contributed by atoms with E-state index in [2.05, 4.69) is 25.5 Å². The summed E-state index contributed by atoms with van der Waals surface area (Å²) >= 11 is 0. The van der Waals surface area contributed by atoms with Crippen LogP contribution in [0, 0.1) is 5.82 Å². The molecule has 0 spiro atoms. The van der Waals surface area contributed by atoms with Gasteiger partial charge in [-0.15, -0.1) is 0 Å². The second-order valence-electron chi connectivity index (χ2n) is 8.01. The van der Waals surface area contributed by atoms with Gasteiger partial charge >= 0.3 is 0 Å². The van der Waals surface area contributed by atoms with E-state index in [1.54, 1.807) is 18.2 Å². The molecule has 2 aromatic carbocycles. The van der Waals surface area contributed by atoms with Crippen molar-refractivity contribution in [3.8, 4) is 5.75 Å². The van der Waals surface area contributed by atoms with Gasteiger partial charge in [0.2, 0.25) is 10.0 Å². The molecule has 158 valence electrons. The highest BCUT2D eigenvalue weighted by Crippen LogP contribution is 2.25. The molecule has 0 aromatic heterocycles. The molecule has 29 heavy (non-hydrogen) atoms. The van der Waals surface area contributed by atoms with Gasteiger partial charge in [0.05, 0.1) is 11.9 Å². The lowest BCUT2D eigenvalue weighted by molar-refractivity contribution is -0.124. The summed E-state index contributed by atoms with van der Waals surface area (Å²) in [6, 6.07) is 11.6. The first-order valence-electron chi connectivity index (χ1n) is 9.18. The Hall–Kier alpha value is -2.61. The lowest BCUT2D eigenvalue weighted by atomic mass is 9.87. The molecular weight excluding hydrogens is 395 g/mol. The average Bonchev–Trinajstić information content (AvgIpc) is 2.59. The molecule has 1 atom stereocenters. The Morgan fingerprint density at radius 2 is 1.79 bits per heavy atom. The van der Waals surface area contributed by atoms with Crippen LogP contribution in [0.2, 0.25) is 0 Å². The second-order valence-corrected chi connectivity index (χ2v) is 9.76. The van der Waals surface area contributed by atoms with Gasteiger partial charge in [0.25, 0.3) is 5.91 Å². The van der Waals surface area contributed by atoms with Gasteiger partial charge in [-0.1, -0.05) is 39.0 Å². The predicted octanol–water partition coefficient (Wildman–Crippen LogP) is 3.36. The maximum Gasteiger partial charge on any atom is 0.258 e. The molecule has 0 radical (unpaired) electrons. The van der Waals surface area contributed by atoms with Gasteiger partial charge in [-0.2, -0.15) is 0 Å². The van der Waals surface area contributed by atoms with Crippen molar-refractivity contribution < 1.29 is 22.3 Å². The van der Waals surface area contributed by atoms with E-state index in [0.717, 1.165) is 11.8 Å². The van der Waals surface area contributed by atoms with E-state index in [0.29, 0.717) is 17.7 Å². The number of carbonyl (C=O) groups is 1. The Morgan fingerprint density at radius 3 is 2.28 bits per heavy atom. The molecule has 0 saturated carbocycles. The fourth-order valence-corrected chi connectivity index (χ4v) is 3.32. The number of rotatable bonds is 8. The second kappa shape index (κ2) is 8.82. The van der Waals surface area contributed by atoms with Gasteiger partial charge in [0.1, 0.15) is 11.6 Å². The predicted molar refractivity (Wildman–Crippen MR) is 112 cm³/mol. The molecule has 2 aromatic rings. The van der Waals surface area contributed by atoms with Crippen LogP contribution in [0.5, 0.6) is 5.75 Å². The number of nitrogens with two attached hydrogens (primary N) is 1. The largest absolute Gasteiger partial charge is 0.481 e. The maximum atomic E-state index is 14.1. The zero-order valence-corrected chi connectivity index (χ0v) is 17.8. The van der Waals surface area contributed by atoms with Crippen LogP contribution in [0.3, 0.4) is 0 Å². The number of hydrogen-bond acceptors (Lipinski definition) is 4. The average molecular weight is 423 g/mol. The molecule has 0 bridgehead atoms. The van der Waals surface area contributed by atoms with Crippen molar-refractivity contribution in [3.05, 3.63) is 59.4 Å². The topological polar surface area (TPSA) is 98.5 Å². The summed E-state index contributed by atoms with van der Waals surface area (Å²) in [6.07, 6.45) is 0.675. The fraction of sp³-hybridized carbons (Fsp3) is 0.381. The Balaban J connectivity index is 2.04. The molecule has 3 N–H and O–H groups in total. The third-order valence-electron chi connectivity index (χ3n) is 4.34. The highest BCUT2D eigenvalue weighted by molar-refractivity contribution is 7.92. The van der Waals surface area contributed by atoms with E-state index in [4.69, 9.17) is 10.5 Å². The van der Waals surface area contributed by atoms with Gasteiger partial charge < -0.3 is 10.5 Å². The number of aryl methyl sites for hydroxylation is 1. The summed E-state index contributed by atoms with van der Waals surface area (Å²) in [7, 11) is -3.57. The number of hydrogen-bond donors (Lipinski definition) is 2. The molecule has 2 rings (SSSR count). The number of ether oxygens (including phenoxy) is 1. The van der Waals surface area contributed by atoms with Crippen molar-refractivity contribution in [3.63, 3.8) is 0 Å². The van der Waals surface area contributed by atoms with E-state index < -0.39 is 27.9 Å². The molecule has 0 aliphatic rings. The fourth-order valence-electron chi connectivity index (χ4n) is 2.75. The van der Waals surface area contributed by atoms with Crippen molar-refractivity contribution in [1.29, 1.82) is 0 Å². The molecule has 8 heteroatoms. The third-order valence-corrected chi connectivity index (χ3v) is 4.93. The van der Waals surface area contributed by atoms with Gasteiger partial charge in [-0.05, 0) is 53.6 Å². The number of sulfonamides is 1. The molecule has 0 aliphatic carbocycles. The lowest BCUT2D eigenvalue weighted by Gasteiger charge is -2.20. The molecule has 0 saturated heterocycles. The zero-order chi connectivity index (χ0) is 21.8. The molecule has 1 amide bonds. The minimum Gasteiger partial charge on any atom is -0.481 e. The van der Waals surface area contributed by atoms with Crippen molar-refractivity contribution in [2.24, 2.45) is 5.73 Å². The normalized spacial score (nSPS) is 13.0. The van der Waals surface area contributed by atoms with Gasteiger partial charge in [-0.25, -0.2) is 12.8 Å². The standard InChI is InChI=1S/C21H27FN2O4S/c1-21(2,3)15-7-9-16(10-8-15)28-19(20(23)25)12-6-14-5-11-18(17(22)13-14)24-29(4,26)27/h5,7-11,13,19,24H,6,12H2,1-4H3,(H2,23,25)/t19-/m1/s1. The number of halogens is 1. The summed E-state index contributed by atoms with van der Waals surface area (Å²) in [5.74, 6) is -0.774. The highest BCUT2D eigenvalue weighted by Gasteiger charge is 2.19. The van der Waals surface area contributed by atoms with Gasteiger partial charge in [-0.3, -0.25) is 9.52 Å². The van der Waals surface area contributed by atoms with E-state index >= 15 is 0 Å². The minimum atomic E-state index is -3.57. The van der Waals surface area contributed by atoms with Crippen LogP contribution in [0.1, 0.15) is 38.3 Å². The van der Waals surface area contributed by atoms with E-state index in [-0.39, 0.29) is 17.5 Å². The summed E-state index contributed by atoms with van der Waals surface area (Å²) in [5.41, 5.74) is 7.07. The highest BCUT2D eigenvalue weighted by atomic mass is 32.2. The van der Waals surface area contributed by atoms with Crippen molar-refractivity contribution in [2.45, 2.75) is 45.1 Å². The Bertz CT molecular complexity index is 967. The van der Waals surface area contributed by atoms with Crippen molar-refractivity contribution in [1.82, 2.24) is 0 Å². The molecule has 0 heterocycles. The van der Waals surface area contributed by atoms with Crippen LogP contribution in [0.4, 0.5) is 10.1 Å². The van der Waals surface area contributed by atoms with Crippen LogP contribution in [-0.4, -0.2) is 26.7 Å². The van der Waals surface area contributed by atoms with Crippen LogP contribution in [0.25, 0.3) is 0 Å². The number of nitrogens with one attached hydrogen (secondary N) is 1. The molecule has 0 aliphatic heterocycles. The number of anilines is 1.